The Morgan fingerprint density at radius 2 is 1.56 bits per heavy atom. The van der Waals surface area contributed by atoms with Gasteiger partial charge in [0.05, 0.1) is 18.3 Å². The van der Waals surface area contributed by atoms with Crippen LogP contribution in [0.15, 0.2) is 48.5 Å². The predicted octanol–water partition coefficient (Wildman–Crippen LogP) is 6.18. The molecule has 0 spiro atoms. The fourth-order valence-corrected chi connectivity index (χ4v) is 5.19. The van der Waals surface area contributed by atoms with E-state index in [0.29, 0.717) is 25.4 Å². The van der Waals surface area contributed by atoms with Crippen LogP contribution in [0.25, 0.3) is 0 Å². The quantitative estimate of drug-likeness (QED) is 0.425. The molecule has 2 aromatic rings. The zero-order valence-electron chi connectivity index (χ0n) is 19.6. The van der Waals surface area contributed by atoms with E-state index in [1.807, 2.05) is 0 Å². The van der Waals surface area contributed by atoms with Crippen molar-refractivity contribution in [2.75, 3.05) is 26.2 Å². The van der Waals surface area contributed by atoms with Crippen LogP contribution in [0.3, 0.4) is 0 Å². The molecule has 1 N–H and O–H groups in total. The number of benzene rings is 2. The monoisotopic (exact) mass is 517 g/mol. The van der Waals surface area contributed by atoms with Crippen molar-refractivity contribution in [1.82, 2.24) is 4.90 Å². The van der Waals surface area contributed by atoms with Crippen molar-refractivity contribution >= 4 is 0 Å². The molecule has 2 unspecified atom stereocenters. The molecule has 0 radical (unpaired) electrons. The molecule has 2 fully saturated rings. The Balaban J connectivity index is 1.32. The number of hydrogen-bond donors (Lipinski definition) is 1. The lowest BCUT2D eigenvalue weighted by Gasteiger charge is -2.48. The number of rotatable bonds is 8. The molecular weight excluding hydrogens is 488 g/mol. The summed E-state index contributed by atoms with van der Waals surface area (Å²) in [6, 6.07) is 10.4. The van der Waals surface area contributed by atoms with Gasteiger partial charge in [0.1, 0.15) is 11.5 Å². The van der Waals surface area contributed by atoms with E-state index < -0.39 is 29.6 Å². The van der Waals surface area contributed by atoms with Crippen LogP contribution in [-0.2, 0) is 11.6 Å². The molecule has 0 amide bonds. The zero-order chi connectivity index (χ0) is 26.0. The summed E-state index contributed by atoms with van der Waals surface area (Å²) < 4.78 is 85.3. The normalized spacial score (nSPS) is 21.5. The van der Waals surface area contributed by atoms with Crippen LogP contribution >= 0.6 is 0 Å². The van der Waals surface area contributed by atoms with Crippen LogP contribution in [0.5, 0.6) is 11.5 Å². The molecule has 4 nitrogen and oxygen atoms in total. The molecule has 4 rings (SSSR count). The summed E-state index contributed by atoms with van der Waals surface area (Å²) in [5, 5.41) is 11.2. The largest absolute Gasteiger partial charge is 0.573 e. The molecule has 0 bridgehead atoms. The highest BCUT2D eigenvalue weighted by Crippen LogP contribution is 2.47. The third-order valence-electron chi connectivity index (χ3n) is 7.25. The summed E-state index contributed by atoms with van der Waals surface area (Å²) in [6.07, 6.45) is -5.57. The average Bonchev–Trinajstić information content (AvgIpc) is 2.77. The van der Waals surface area contributed by atoms with Crippen molar-refractivity contribution in [3.63, 3.8) is 0 Å². The van der Waals surface area contributed by atoms with Crippen molar-refractivity contribution in [2.24, 2.45) is 5.92 Å². The molecule has 1 saturated carbocycles. The third kappa shape index (κ3) is 6.45. The fraction of sp³-hybridized carbons (Fsp3) is 0.538. The van der Waals surface area contributed by atoms with E-state index in [1.165, 1.54) is 24.3 Å². The van der Waals surface area contributed by atoms with Crippen LogP contribution < -0.4 is 9.47 Å². The number of likely N-dealkylation sites (tertiary alicyclic amines) is 1. The van der Waals surface area contributed by atoms with Gasteiger partial charge in [-0.3, -0.25) is 0 Å². The Labute approximate surface area is 205 Å². The summed E-state index contributed by atoms with van der Waals surface area (Å²) in [6.45, 7) is 2.29. The standard InChI is InChI=1S/C26H29F6NO3/c27-25(28,29)20-6-8-21(9-7-20)35-17-18-3-1-14-33(15-18)16-23(34)24(12-2-13-24)19-4-10-22(11-5-19)36-26(30,31)32/h4-11,18,23,34H,1-3,12-17H2. The molecule has 1 heterocycles. The van der Waals surface area contributed by atoms with Gasteiger partial charge in [-0.25, -0.2) is 0 Å². The smallest absolute Gasteiger partial charge is 0.493 e. The predicted molar refractivity (Wildman–Crippen MR) is 121 cm³/mol. The Morgan fingerprint density at radius 3 is 2.11 bits per heavy atom. The molecule has 2 atom stereocenters. The van der Waals surface area contributed by atoms with Gasteiger partial charge in [0.25, 0.3) is 0 Å². The Kier molecular flexibility index (Phi) is 7.75. The van der Waals surface area contributed by atoms with E-state index in [-0.39, 0.29) is 11.7 Å². The first-order valence-corrected chi connectivity index (χ1v) is 12.0. The van der Waals surface area contributed by atoms with Gasteiger partial charge >= 0.3 is 12.5 Å². The molecule has 1 aliphatic heterocycles. The lowest BCUT2D eigenvalue weighted by atomic mass is 9.61. The minimum atomic E-state index is -4.75. The van der Waals surface area contributed by atoms with Gasteiger partial charge in [-0.05, 0) is 74.2 Å². The Hall–Kier alpha value is -2.46. The summed E-state index contributed by atoms with van der Waals surface area (Å²) >= 11 is 0. The first-order chi connectivity index (χ1) is 16.9. The average molecular weight is 518 g/mol. The van der Waals surface area contributed by atoms with E-state index in [0.717, 1.165) is 56.3 Å². The SMILES string of the molecule is OC(CN1CCCC(COc2ccc(C(F)(F)F)cc2)C1)C1(c2ccc(OC(F)(F)F)cc2)CCC1. The van der Waals surface area contributed by atoms with Crippen LogP contribution in [0.4, 0.5) is 26.3 Å². The van der Waals surface area contributed by atoms with Crippen LogP contribution in [0.1, 0.15) is 43.2 Å². The van der Waals surface area contributed by atoms with Crippen LogP contribution in [0, 0.1) is 5.92 Å². The van der Waals surface area contributed by atoms with Crippen molar-refractivity contribution in [3.05, 3.63) is 59.7 Å². The number of hydrogen-bond acceptors (Lipinski definition) is 4. The highest BCUT2D eigenvalue weighted by Gasteiger charge is 2.45. The number of aliphatic hydroxyl groups is 1. The maximum Gasteiger partial charge on any atom is 0.573 e. The first-order valence-electron chi connectivity index (χ1n) is 12.0. The molecule has 1 aliphatic carbocycles. The number of piperidine rings is 1. The van der Waals surface area contributed by atoms with Gasteiger partial charge < -0.3 is 19.5 Å². The Bertz CT molecular complexity index is 987. The van der Waals surface area contributed by atoms with Gasteiger partial charge in [-0.15, -0.1) is 13.2 Å². The number of halogens is 6. The summed E-state index contributed by atoms with van der Waals surface area (Å²) in [4.78, 5) is 2.16. The van der Waals surface area contributed by atoms with E-state index in [9.17, 15) is 31.4 Å². The molecule has 2 aliphatic rings. The fourth-order valence-electron chi connectivity index (χ4n) is 5.19. The molecule has 0 aromatic heterocycles. The number of nitrogens with zero attached hydrogens (tertiary/aromatic N) is 1. The van der Waals surface area contributed by atoms with Gasteiger partial charge in [-0.2, -0.15) is 13.2 Å². The van der Waals surface area contributed by atoms with E-state index >= 15 is 0 Å². The minimum Gasteiger partial charge on any atom is -0.493 e. The number of ether oxygens (including phenoxy) is 2. The second kappa shape index (κ2) is 10.5. The minimum absolute atomic E-state index is 0.171. The first kappa shape index (κ1) is 26.6. The molecule has 2 aromatic carbocycles. The summed E-state index contributed by atoms with van der Waals surface area (Å²) in [5.74, 6) is 0.262. The van der Waals surface area contributed by atoms with Gasteiger partial charge in [-0.1, -0.05) is 18.6 Å². The van der Waals surface area contributed by atoms with E-state index in [1.54, 1.807) is 12.1 Å². The third-order valence-corrected chi connectivity index (χ3v) is 7.25. The Morgan fingerprint density at radius 1 is 0.917 bits per heavy atom. The zero-order valence-corrected chi connectivity index (χ0v) is 19.6. The second-order valence-electron chi connectivity index (χ2n) is 9.70. The highest BCUT2D eigenvalue weighted by atomic mass is 19.4. The molecular formula is C26H29F6NO3. The van der Waals surface area contributed by atoms with Crippen molar-refractivity contribution in [2.45, 2.75) is 56.2 Å². The maximum atomic E-state index is 12.7. The van der Waals surface area contributed by atoms with Gasteiger partial charge in [0, 0.05) is 24.4 Å². The van der Waals surface area contributed by atoms with E-state index in [2.05, 4.69) is 9.64 Å². The molecule has 36 heavy (non-hydrogen) atoms. The van der Waals surface area contributed by atoms with Crippen LogP contribution in [0.2, 0.25) is 0 Å². The highest BCUT2D eigenvalue weighted by molar-refractivity contribution is 5.35. The van der Waals surface area contributed by atoms with Gasteiger partial charge in [0.15, 0.2) is 0 Å². The van der Waals surface area contributed by atoms with Gasteiger partial charge in [0.2, 0.25) is 0 Å². The maximum absolute atomic E-state index is 12.7. The number of aliphatic hydroxyl groups excluding tert-OH is 1. The molecule has 1 saturated heterocycles. The summed E-state index contributed by atoms with van der Waals surface area (Å²) in [7, 11) is 0. The van der Waals surface area contributed by atoms with Crippen molar-refractivity contribution in [1.29, 1.82) is 0 Å². The number of alkyl halides is 6. The number of β-amino-alcohol motifs (C(OH)–C–C–N with tert-alkyl or cyclic N) is 1. The second-order valence-corrected chi connectivity index (χ2v) is 9.70. The topological polar surface area (TPSA) is 41.9 Å². The molecule has 10 heteroatoms. The van der Waals surface area contributed by atoms with Crippen molar-refractivity contribution in [3.8, 4) is 11.5 Å². The molecule has 198 valence electrons. The lowest BCUT2D eigenvalue weighted by molar-refractivity contribution is -0.274. The lowest BCUT2D eigenvalue weighted by Crippen LogP contribution is -2.52. The van der Waals surface area contributed by atoms with Crippen LogP contribution in [-0.4, -0.2) is 48.7 Å². The van der Waals surface area contributed by atoms with E-state index in [4.69, 9.17) is 4.74 Å². The summed E-state index contributed by atoms with van der Waals surface area (Å²) in [5.41, 5.74) is -0.421. The van der Waals surface area contributed by atoms with Crippen molar-refractivity contribution < 1.29 is 40.9 Å².